The van der Waals surface area contributed by atoms with Crippen molar-refractivity contribution in [2.24, 2.45) is 0 Å². The van der Waals surface area contributed by atoms with E-state index in [1.165, 1.54) is 22.3 Å². The van der Waals surface area contributed by atoms with E-state index in [4.69, 9.17) is 0 Å². The molecule has 1 radical (unpaired) electrons. The van der Waals surface area contributed by atoms with Crippen molar-refractivity contribution < 1.29 is 0 Å². The van der Waals surface area contributed by atoms with E-state index in [9.17, 15) is 0 Å². The molecule has 0 N–H and O–H groups in total. The highest BCUT2D eigenvalue weighted by Crippen LogP contribution is 2.27. The van der Waals surface area contributed by atoms with E-state index in [0.717, 1.165) is 5.56 Å². The van der Waals surface area contributed by atoms with Crippen molar-refractivity contribution in [3.05, 3.63) is 84.4 Å². The van der Waals surface area contributed by atoms with E-state index in [1.807, 2.05) is 12.1 Å². The molecule has 0 amide bonds. The van der Waals surface area contributed by atoms with E-state index in [2.05, 4.69) is 73.7 Å². The van der Waals surface area contributed by atoms with Crippen LogP contribution < -0.4 is 0 Å². The topological polar surface area (TPSA) is 0 Å². The Balaban J connectivity index is 2.09. The Morgan fingerprint density at radius 2 is 1.47 bits per heavy atom. The Labute approximate surface area is 114 Å². The monoisotopic (exact) mass is 243 g/mol. The van der Waals surface area contributed by atoms with Crippen LogP contribution in [0.4, 0.5) is 0 Å². The number of hydrogen-bond acceptors (Lipinski definition) is 0. The third-order valence-electron chi connectivity index (χ3n) is 3.34. The smallest absolute Gasteiger partial charge is 0.00964 e. The van der Waals surface area contributed by atoms with Gasteiger partial charge in [-0.15, -0.1) is 0 Å². The zero-order valence-corrected chi connectivity index (χ0v) is 10.9. The quantitative estimate of drug-likeness (QED) is 0.585. The number of benzene rings is 3. The molecule has 0 bridgehead atoms. The molecule has 3 aromatic rings. The number of hydrogen-bond donors (Lipinski definition) is 0. The minimum Gasteiger partial charge on any atom is -0.0622 e. The second-order valence-electron chi connectivity index (χ2n) is 4.67. The molecule has 0 aliphatic carbocycles. The van der Waals surface area contributed by atoms with E-state index in [1.54, 1.807) is 0 Å². The van der Waals surface area contributed by atoms with Crippen LogP contribution in [0.2, 0.25) is 0 Å². The van der Waals surface area contributed by atoms with Gasteiger partial charge in [0.15, 0.2) is 0 Å². The van der Waals surface area contributed by atoms with Gasteiger partial charge in [-0.25, -0.2) is 0 Å². The van der Waals surface area contributed by atoms with Crippen LogP contribution in [0.25, 0.3) is 22.3 Å². The van der Waals surface area contributed by atoms with Crippen LogP contribution in [0.5, 0.6) is 0 Å². The molecular weight excluding hydrogens is 228 g/mol. The number of aryl methyl sites for hydroxylation is 1. The molecular formula is C19H15. The highest BCUT2D eigenvalue weighted by Gasteiger charge is 2.03. The molecule has 91 valence electrons. The van der Waals surface area contributed by atoms with Crippen molar-refractivity contribution in [3.63, 3.8) is 0 Å². The van der Waals surface area contributed by atoms with Crippen LogP contribution in [0.1, 0.15) is 5.56 Å². The van der Waals surface area contributed by atoms with Crippen molar-refractivity contribution in [2.45, 2.75) is 6.92 Å². The second-order valence-corrected chi connectivity index (χ2v) is 4.67. The lowest BCUT2D eigenvalue weighted by molar-refractivity contribution is 1.45. The Morgan fingerprint density at radius 3 is 2.26 bits per heavy atom. The van der Waals surface area contributed by atoms with Crippen LogP contribution in [-0.4, -0.2) is 0 Å². The summed E-state index contributed by atoms with van der Waals surface area (Å²) in [6.45, 7) is 2.14. The summed E-state index contributed by atoms with van der Waals surface area (Å²) in [6.07, 6.45) is 0. The molecule has 0 aliphatic heterocycles. The van der Waals surface area contributed by atoms with Crippen LogP contribution in [0.15, 0.2) is 72.8 Å². The Hall–Kier alpha value is -2.34. The molecule has 0 fully saturated rings. The second kappa shape index (κ2) is 5.11. The maximum atomic E-state index is 3.34. The lowest BCUT2D eigenvalue weighted by Crippen LogP contribution is -1.84. The summed E-state index contributed by atoms with van der Waals surface area (Å²) in [5.74, 6) is 0. The average molecular weight is 243 g/mol. The first-order valence-corrected chi connectivity index (χ1v) is 6.48. The van der Waals surface area contributed by atoms with Crippen molar-refractivity contribution >= 4 is 0 Å². The summed E-state index contributed by atoms with van der Waals surface area (Å²) in [5, 5.41) is 0. The maximum Gasteiger partial charge on any atom is -0.00964 e. The van der Waals surface area contributed by atoms with E-state index in [0.29, 0.717) is 0 Å². The first kappa shape index (κ1) is 11.7. The van der Waals surface area contributed by atoms with Crippen molar-refractivity contribution in [1.82, 2.24) is 0 Å². The van der Waals surface area contributed by atoms with Gasteiger partial charge in [0.25, 0.3) is 0 Å². The van der Waals surface area contributed by atoms with Crippen molar-refractivity contribution in [2.75, 3.05) is 0 Å². The molecule has 0 saturated carbocycles. The Morgan fingerprint density at radius 1 is 0.737 bits per heavy atom. The molecule has 0 aromatic heterocycles. The molecule has 0 spiro atoms. The average Bonchev–Trinajstić information content (AvgIpc) is 2.49. The van der Waals surface area contributed by atoms with Gasteiger partial charge in [0.2, 0.25) is 0 Å². The van der Waals surface area contributed by atoms with Gasteiger partial charge in [-0.05, 0) is 46.9 Å². The van der Waals surface area contributed by atoms with E-state index < -0.39 is 0 Å². The molecule has 19 heavy (non-hydrogen) atoms. The zero-order valence-electron chi connectivity index (χ0n) is 10.9. The molecule has 3 rings (SSSR count). The summed E-state index contributed by atoms with van der Waals surface area (Å²) in [6, 6.07) is 28.5. The third-order valence-corrected chi connectivity index (χ3v) is 3.34. The molecule has 0 saturated heterocycles. The first-order valence-electron chi connectivity index (χ1n) is 6.48. The standard InChI is InChI=1S/C19H15/c1-15-8-5-6-13-19(15)18-12-7-11-17(14-18)16-9-3-2-4-10-16/h2-11,13-14H,1H3. The van der Waals surface area contributed by atoms with Crippen LogP contribution in [-0.2, 0) is 0 Å². The van der Waals surface area contributed by atoms with Gasteiger partial charge >= 0.3 is 0 Å². The summed E-state index contributed by atoms with van der Waals surface area (Å²) in [4.78, 5) is 0. The molecule has 0 atom stereocenters. The highest BCUT2D eigenvalue weighted by molar-refractivity contribution is 5.74. The summed E-state index contributed by atoms with van der Waals surface area (Å²) >= 11 is 0. The van der Waals surface area contributed by atoms with Crippen molar-refractivity contribution in [1.29, 1.82) is 0 Å². The minimum atomic E-state index is 1.15. The highest BCUT2D eigenvalue weighted by atomic mass is 14.1. The normalized spacial score (nSPS) is 10.4. The third kappa shape index (κ3) is 2.43. The van der Waals surface area contributed by atoms with Gasteiger partial charge in [0.05, 0.1) is 0 Å². The molecule has 0 aliphatic rings. The van der Waals surface area contributed by atoms with E-state index in [-0.39, 0.29) is 0 Å². The Bertz CT molecular complexity index is 681. The summed E-state index contributed by atoms with van der Waals surface area (Å²) in [7, 11) is 0. The summed E-state index contributed by atoms with van der Waals surface area (Å²) in [5.41, 5.74) is 6.16. The SMILES string of the molecule is Cc1ccccc1-c1[c]ccc(-c2ccccc2)c1. The van der Waals surface area contributed by atoms with Gasteiger partial charge in [-0.2, -0.15) is 0 Å². The summed E-state index contributed by atoms with van der Waals surface area (Å²) < 4.78 is 0. The number of rotatable bonds is 2. The molecule has 0 heteroatoms. The minimum absolute atomic E-state index is 1.15. The zero-order chi connectivity index (χ0) is 13.1. The van der Waals surface area contributed by atoms with Crippen LogP contribution >= 0.6 is 0 Å². The predicted molar refractivity (Wildman–Crippen MR) is 80.9 cm³/mol. The van der Waals surface area contributed by atoms with Gasteiger partial charge in [0.1, 0.15) is 0 Å². The molecule has 3 aromatic carbocycles. The maximum absolute atomic E-state index is 3.34. The largest absolute Gasteiger partial charge is 0.0622 e. The van der Waals surface area contributed by atoms with Crippen LogP contribution in [0, 0.1) is 13.0 Å². The van der Waals surface area contributed by atoms with Crippen LogP contribution in [0.3, 0.4) is 0 Å². The van der Waals surface area contributed by atoms with Crippen molar-refractivity contribution in [3.8, 4) is 22.3 Å². The fraction of sp³-hybridized carbons (Fsp3) is 0.0526. The lowest BCUT2D eigenvalue weighted by atomic mass is 9.96. The molecule has 0 heterocycles. The van der Waals surface area contributed by atoms with Gasteiger partial charge in [-0.3, -0.25) is 0 Å². The predicted octanol–water partition coefficient (Wildman–Crippen LogP) is 5.13. The van der Waals surface area contributed by atoms with E-state index >= 15 is 0 Å². The van der Waals surface area contributed by atoms with Gasteiger partial charge in [0, 0.05) is 0 Å². The fourth-order valence-corrected chi connectivity index (χ4v) is 2.31. The van der Waals surface area contributed by atoms with Gasteiger partial charge < -0.3 is 0 Å². The Kier molecular flexibility index (Phi) is 3.16. The molecule has 0 nitrogen and oxygen atoms in total. The lowest BCUT2D eigenvalue weighted by Gasteiger charge is -2.08. The van der Waals surface area contributed by atoms with Gasteiger partial charge in [-0.1, -0.05) is 66.7 Å². The fourth-order valence-electron chi connectivity index (χ4n) is 2.31. The first-order chi connectivity index (χ1) is 9.34. The molecule has 0 unspecified atom stereocenters.